The van der Waals surface area contributed by atoms with Crippen molar-refractivity contribution < 1.29 is 9.47 Å². The summed E-state index contributed by atoms with van der Waals surface area (Å²) < 4.78 is 13.4. The Bertz CT molecular complexity index is 1380. The molecular formula is C33H34O2. The zero-order chi connectivity index (χ0) is 24.2. The average molecular weight is 463 g/mol. The molecule has 0 amide bonds. The molecule has 0 spiro atoms. The van der Waals surface area contributed by atoms with Crippen molar-refractivity contribution >= 4 is 10.8 Å². The van der Waals surface area contributed by atoms with Crippen LogP contribution < -0.4 is 9.47 Å². The third kappa shape index (κ3) is 4.84. The first-order chi connectivity index (χ1) is 17.2. The number of unbranched alkanes of at least 4 members (excludes halogenated alkanes) is 2. The van der Waals surface area contributed by atoms with Gasteiger partial charge in [-0.05, 0) is 62.8 Å². The van der Waals surface area contributed by atoms with Crippen LogP contribution >= 0.6 is 0 Å². The van der Waals surface area contributed by atoms with Crippen LogP contribution in [0.4, 0.5) is 0 Å². The summed E-state index contributed by atoms with van der Waals surface area (Å²) in [4.78, 5) is 0. The zero-order valence-electron chi connectivity index (χ0n) is 21.1. The number of hydrogen-bond acceptors (Lipinski definition) is 2. The molecule has 0 unspecified atom stereocenters. The minimum atomic E-state index is 0.868. The Morgan fingerprint density at radius 1 is 0.657 bits per heavy atom. The monoisotopic (exact) mass is 462 g/mol. The van der Waals surface area contributed by atoms with Crippen LogP contribution in [0.1, 0.15) is 54.9 Å². The predicted molar refractivity (Wildman–Crippen MR) is 146 cm³/mol. The second-order valence-electron chi connectivity index (χ2n) is 9.60. The van der Waals surface area contributed by atoms with Crippen molar-refractivity contribution in [3.63, 3.8) is 0 Å². The molecule has 0 bridgehead atoms. The molecule has 0 aliphatic heterocycles. The van der Waals surface area contributed by atoms with Crippen LogP contribution in [0.3, 0.4) is 0 Å². The maximum absolute atomic E-state index is 6.74. The molecule has 0 fully saturated rings. The van der Waals surface area contributed by atoms with Gasteiger partial charge in [-0.3, -0.25) is 0 Å². The lowest BCUT2D eigenvalue weighted by atomic mass is 9.85. The first-order valence-electron chi connectivity index (χ1n) is 12.9. The van der Waals surface area contributed by atoms with Crippen molar-refractivity contribution in [2.24, 2.45) is 0 Å². The summed E-state index contributed by atoms with van der Waals surface area (Å²) in [7, 11) is 0. The maximum atomic E-state index is 6.74. The SMILES string of the molecule is CCCCCC1=CCc2c(c(Oc3ccccc3C)c3ccccc3c2Oc2ccccc2C)C1. The minimum absolute atomic E-state index is 0.868. The van der Waals surface area contributed by atoms with E-state index in [1.165, 1.54) is 36.0 Å². The van der Waals surface area contributed by atoms with Gasteiger partial charge in [-0.1, -0.05) is 92.1 Å². The van der Waals surface area contributed by atoms with Gasteiger partial charge < -0.3 is 9.47 Å². The molecule has 2 heteroatoms. The van der Waals surface area contributed by atoms with Crippen LogP contribution in [-0.2, 0) is 12.8 Å². The Balaban J connectivity index is 1.67. The van der Waals surface area contributed by atoms with E-state index in [4.69, 9.17) is 9.47 Å². The fourth-order valence-electron chi connectivity index (χ4n) is 5.01. The van der Waals surface area contributed by atoms with E-state index in [0.29, 0.717) is 0 Å². The lowest BCUT2D eigenvalue weighted by Gasteiger charge is -2.26. The lowest BCUT2D eigenvalue weighted by molar-refractivity contribution is 0.464. The lowest BCUT2D eigenvalue weighted by Crippen LogP contribution is -2.09. The fourth-order valence-corrected chi connectivity index (χ4v) is 5.01. The quantitative estimate of drug-likeness (QED) is 0.192. The average Bonchev–Trinajstić information content (AvgIpc) is 2.88. The summed E-state index contributed by atoms with van der Waals surface area (Å²) in [5.41, 5.74) is 6.30. The van der Waals surface area contributed by atoms with Gasteiger partial charge >= 0.3 is 0 Å². The molecule has 0 saturated carbocycles. The molecule has 4 aromatic carbocycles. The topological polar surface area (TPSA) is 18.5 Å². The molecule has 0 heterocycles. The number of allylic oxidation sites excluding steroid dienone is 2. The third-order valence-electron chi connectivity index (χ3n) is 7.04. The number of benzene rings is 4. The van der Waals surface area contributed by atoms with E-state index in [9.17, 15) is 0 Å². The fraction of sp³-hybridized carbons (Fsp3) is 0.273. The normalized spacial score (nSPS) is 12.8. The molecule has 0 radical (unpaired) electrons. The summed E-state index contributed by atoms with van der Waals surface area (Å²) >= 11 is 0. The summed E-state index contributed by atoms with van der Waals surface area (Å²) in [6.07, 6.45) is 9.11. The van der Waals surface area contributed by atoms with E-state index in [1.54, 1.807) is 0 Å². The molecule has 4 aromatic rings. The van der Waals surface area contributed by atoms with Crippen LogP contribution in [0.15, 0.2) is 84.4 Å². The molecule has 0 saturated heterocycles. The molecule has 1 aliphatic carbocycles. The van der Waals surface area contributed by atoms with Crippen LogP contribution in [0.2, 0.25) is 0 Å². The van der Waals surface area contributed by atoms with Gasteiger partial charge in [-0.2, -0.15) is 0 Å². The van der Waals surface area contributed by atoms with Gasteiger partial charge in [0.1, 0.15) is 23.0 Å². The zero-order valence-corrected chi connectivity index (χ0v) is 21.1. The molecule has 0 aromatic heterocycles. The number of fused-ring (bicyclic) bond motifs is 2. The maximum Gasteiger partial charge on any atom is 0.139 e. The van der Waals surface area contributed by atoms with Gasteiger partial charge in [-0.15, -0.1) is 0 Å². The standard InChI is InChI=1S/C33H34O2/c1-4-5-6-15-25-20-21-28-29(22-25)33(35-31-19-12-8-14-24(31)3)27-17-10-9-16-26(27)32(28)34-30-18-11-7-13-23(30)2/h7-14,16-20H,4-6,15,21-22H2,1-3H3. The molecule has 0 atom stereocenters. The van der Waals surface area contributed by atoms with Crippen molar-refractivity contribution in [3.8, 4) is 23.0 Å². The van der Waals surface area contributed by atoms with Gasteiger partial charge in [-0.25, -0.2) is 0 Å². The highest BCUT2D eigenvalue weighted by Gasteiger charge is 2.25. The van der Waals surface area contributed by atoms with Crippen LogP contribution in [0, 0.1) is 13.8 Å². The molecule has 0 N–H and O–H groups in total. The number of rotatable bonds is 8. The van der Waals surface area contributed by atoms with Gasteiger partial charge in [0.2, 0.25) is 0 Å². The number of hydrogen-bond donors (Lipinski definition) is 0. The second-order valence-corrected chi connectivity index (χ2v) is 9.60. The van der Waals surface area contributed by atoms with Crippen LogP contribution in [0.5, 0.6) is 23.0 Å². The van der Waals surface area contributed by atoms with Crippen molar-refractivity contribution in [1.82, 2.24) is 0 Å². The van der Waals surface area contributed by atoms with E-state index in [-0.39, 0.29) is 0 Å². The highest BCUT2D eigenvalue weighted by Crippen LogP contribution is 2.47. The molecule has 35 heavy (non-hydrogen) atoms. The highest BCUT2D eigenvalue weighted by molar-refractivity contribution is 5.97. The van der Waals surface area contributed by atoms with Gasteiger partial charge in [0.15, 0.2) is 0 Å². The molecule has 5 rings (SSSR count). The van der Waals surface area contributed by atoms with Crippen molar-refractivity contribution in [1.29, 1.82) is 0 Å². The Hall–Kier alpha value is -3.52. The summed E-state index contributed by atoms with van der Waals surface area (Å²) in [6, 6.07) is 25.0. The Kier molecular flexibility index (Phi) is 6.90. The van der Waals surface area contributed by atoms with E-state index < -0.39 is 0 Å². The Labute approximate surface area is 209 Å². The molecule has 2 nitrogen and oxygen atoms in total. The van der Waals surface area contributed by atoms with Gasteiger partial charge in [0, 0.05) is 21.9 Å². The summed E-state index contributed by atoms with van der Waals surface area (Å²) in [5, 5.41) is 2.20. The van der Waals surface area contributed by atoms with Crippen molar-refractivity contribution in [3.05, 3.63) is 107 Å². The third-order valence-corrected chi connectivity index (χ3v) is 7.04. The van der Waals surface area contributed by atoms with Crippen molar-refractivity contribution in [2.45, 2.75) is 59.3 Å². The van der Waals surface area contributed by atoms with E-state index in [1.807, 2.05) is 12.1 Å². The van der Waals surface area contributed by atoms with E-state index in [0.717, 1.165) is 64.2 Å². The summed E-state index contributed by atoms with van der Waals surface area (Å²) in [6.45, 7) is 6.47. The van der Waals surface area contributed by atoms with Crippen molar-refractivity contribution in [2.75, 3.05) is 0 Å². The molecular weight excluding hydrogens is 428 g/mol. The molecule has 178 valence electrons. The van der Waals surface area contributed by atoms with E-state index >= 15 is 0 Å². The first-order valence-corrected chi connectivity index (χ1v) is 12.9. The Morgan fingerprint density at radius 2 is 1.20 bits per heavy atom. The largest absolute Gasteiger partial charge is 0.456 e. The van der Waals surface area contributed by atoms with Crippen LogP contribution in [-0.4, -0.2) is 0 Å². The van der Waals surface area contributed by atoms with Gasteiger partial charge in [0.05, 0.1) is 0 Å². The molecule has 1 aliphatic rings. The Morgan fingerprint density at radius 3 is 1.77 bits per heavy atom. The van der Waals surface area contributed by atoms with Gasteiger partial charge in [0.25, 0.3) is 0 Å². The van der Waals surface area contributed by atoms with Crippen LogP contribution in [0.25, 0.3) is 10.8 Å². The van der Waals surface area contributed by atoms with E-state index in [2.05, 4.69) is 87.5 Å². The second kappa shape index (κ2) is 10.4. The number of aryl methyl sites for hydroxylation is 2. The smallest absolute Gasteiger partial charge is 0.139 e. The predicted octanol–water partition coefficient (Wildman–Crippen LogP) is 9.65. The highest BCUT2D eigenvalue weighted by atomic mass is 16.5. The minimum Gasteiger partial charge on any atom is -0.456 e. The first kappa shape index (κ1) is 23.2. The number of ether oxygens (including phenoxy) is 2. The number of para-hydroxylation sites is 2. The summed E-state index contributed by atoms with van der Waals surface area (Å²) in [5.74, 6) is 3.76.